The molecule has 1 aromatic carbocycles. The Hall–Kier alpha value is -0.680. The summed E-state index contributed by atoms with van der Waals surface area (Å²) in [7, 11) is 0. The van der Waals surface area contributed by atoms with Gasteiger partial charge in [0.1, 0.15) is 11.9 Å². The third-order valence-corrected chi connectivity index (χ3v) is 3.58. The van der Waals surface area contributed by atoms with E-state index in [9.17, 15) is 4.39 Å². The van der Waals surface area contributed by atoms with Crippen molar-refractivity contribution in [2.45, 2.75) is 26.0 Å². The van der Waals surface area contributed by atoms with Crippen LogP contribution in [0.1, 0.15) is 24.1 Å². The van der Waals surface area contributed by atoms with Crippen LogP contribution in [0.3, 0.4) is 0 Å². The fourth-order valence-corrected chi connectivity index (χ4v) is 2.55. The lowest BCUT2D eigenvalue weighted by Crippen LogP contribution is -2.40. The van der Waals surface area contributed by atoms with Gasteiger partial charge in [0, 0.05) is 5.02 Å². The van der Waals surface area contributed by atoms with Crippen molar-refractivity contribution < 1.29 is 13.9 Å². The zero-order valence-electron chi connectivity index (χ0n) is 11.2. The van der Waals surface area contributed by atoms with Crippen molar-refractivity contribution in [1.82, 2.24) is 5.32 Å². The highest BCUT2D eigenvalue weighted by Crippen LogP contribution is 2.30. The minimum Gasteiger partial charge on any atom is -0.376 e. The normalized spacial score (nSPS) is 21.4. The van der Waals surface area contributed by atoms with Crippen LogP contribution in [0.25, 0.3) is 0 Å². The number of benzene rings is 1. The van der Waals surface area contributed by atoms with Crippen LogP contribution in [0.15, 0.2) is 12.1 Å². The van der Waals surface area contributed by atoms with Gasteiger partial charge < -0.3 is 14.8 Å². The quantitative estimate of drug-likeness (QED) is 0.924. The second-order valence-electron chi connectivity index (χ2n) is 4.64. The Morgan fingerprint density at radius 2 is 2.26 bits per heavy atom. The Labute approximate surface area is 118 Å². The molecule has 1 fully saturated rings. The summed E-state index contributed by atoms with van der Waals surface area (Å²) in [6, 6.07) is 3.06. The Morgan fingerprint density at radius 3 is 2.89 bits per heavy atom. The van der Waals surface area contributed by atoms with Crippen LogP contribution >= 0.6 is 11.6 Å². The number of rotatable bonds is 4. The molecule has 0 radical (unpaired) electrons. The van der Waals surface area contributed by atoms with Crippen molar-refractivity contribution in [3.05, 3.63) is 34.1 Å². The Morgan fingerprint density at radius 1 is 1.47 bits per heavy atom. The van der Waals surface area contributed by atoms with Crippen molar-refractivity contribution in [3.63, 3.8) is 0 Å². The molecule has 0 bridgehead atoms. The molecule has 0 aromatic heterocycles. The molecular weight excluding hydrogens is 269 g/mol. The first kappa shape index (κ1) is 14.7. The third-order valence-electron chi connectivity index (χ3n) is 3.25. The highest BCUT2D eigenvalue weighted by Gasteiger charge is 2.28. The van der Waals surface area contributed by atoms with Gasteiger partial charge in [0.2, 0.25) is 0 Å². The molecule has 2 rings (SSSR count). The zero-order chi connectivity index (χ0) is 13.8. The van der Waals surface area contributed by atoms with Crippen molar-refractivity contribution in [2.24, 2.45) is 0 Å². The molecule has 1 aliphatic heterocycles. The minimum atomic E-state index is -0.287. The average Bonchev–Trinajstić information content (AvgIpc) is 2.42. The number of halogens is 2. The molecule has 2 unspecified atom stereocenters. The number of nitrogens with one attached hydrogen (secondary N) is 1. The maximum atomic E-state index is 13.5. The van der Waals surface area contributed by atoms with Gasteiger partial charge in [0.05, 0.1) is 25.9 Å². The number of hydrogen-bond acceptors (Lipinski definition) is 3. The molecule has 1 saturated heterocycles. The molecule has 0 saturated carbocycles. The molecule has 1 aliphatic rings. The Balaban J connectivity index is 2.29. The molecule has 3 nitrogen and oxygen atoms in total. The van der Waals surface area contributed by atoms with E-state index in [-0.39, 0.29) is 18.0 Å². The van der Waals surface area contributed by atoms with Crippen LogP contribution in [-0.2, 0) is 9.47 Å². The molecule has 1 aromatic rings. The second kappa shape index (κ2) is 6.66. The molecule has 5 heteroatoms. The highest BCUT2D eigenvalue weighted by atomic mass is 35.5. The summed E-state index contributed by atoms with van der Waals surface area (Å²) in [5, 5.41) is 3.76. The van der Waals surface area contributed by atoms with Gasteiger partial charge in [-0.15, -0.1) is 0 Å². The van der Waals surface area contributed by atoms with Gasteiger partial charge in [0.25, 0.3) is 0 Å². The van der Waals surface area contributed by atoms with Gasteiger partial charge in [-0.05, 0) is 30.7 Å². The lowest BCUT2D eigenvalue weighted by Gasteiger charge is -2.32. The van der Waals surface area contributed by atoms with Crippen LogP contribution in [-0.4, -0.2) is 32.5 Å². The van der Waals surface area contributed by atoms with Gasteiger partial charge in [-0.2, -0.15) is 0 Å². The van der Waals surface area contributed by atoms with Gasteiger partial charge in [-0.1, -0.05) is 24.6 Å². The standard InChI is InChI=1S/C14H19ClFNO2/c1-3-17-14(13-8-18-4-5-19-13)10-6-9(2)12(16)7-11(10)15/h6-7,13-14,17H,3-5,8H2,1-2H3. The number of likely N-dealkylation sites (N-methyl/N-ethyl adjacent to an activating group) is 1. The van der Waals surface area contributed by atoms with E-state index in [1.807, 2.05) is 6.92 Å². The van der Waals surface area contributed by atoms with Gasteiger partial charge >= 0.3 is 0 Å². The molecule has 106 valence electrons. The summed E-state index contributed by atoms with van der Waals surface area (Å²) in [5.41, 5.74) is 1.44. The van der Waals surface area contributed by atoms with E-state index in [1.54, 1.807) is 13.0 Å². The summed E-state index contributed by atoms with van der Waals surface area (Å²) in [6.45, 7) is 6.23. The predicted octanol–water partition coefficient (Wildman–Crippen LogP) is 2.85. The lowest BCUT2D eigenvalue weighted by atomic mass is 9.99. The summed E-state index contributed by atoms with van der Waals surface area (Å²) in [6.07, 6.45) is -0.101. The Kier molecular flexibility index (Phi) is 5.16. The average molecular weight is 288 g/mol. The van der Waals surface area contributed by atoms with E-state index in [4.69, 9.17) is 21.1 Å². The van der Waals surface area contributed by atoms with E-state index < -0.39 is 0 Å². The molecule has 0 amide bonds. The van der Waals surface area contributed by atoms with E-state index >= 15 is 0 Å². The first-order valence-electron chi connectivity index (χ1n) is 6.51. The van der Waals surface area contributed by atoms with Crippen LogP contribution < -0.4 is 5.32 Å². The fraction of sp³-hybridized carbons (Fsp3) is 0.571. The van der Waals surface area contributed by atoms with Crippen LogP contribution in [0.5, 0.6) is 0 Å². The summed E-state index contributed by atoms with van der Waals surface area (Å²) in [4.78, 5) is 0. The maximum Gasteiger partial charge on any atom is 0.127 e. The Bertz CT molecular complexity index is 436. The van der Waals surface area contributed by atoms with Gasteiger partial charge in [-0.3, -0.25) is 0 Å². The SMILES string of the molecule is CCNC(c1cc(C)c(F)cc1Cl)C1COCCO1. The smallest absolute Gasteiger partial charge is 0.127 e. The van der Waals surface area contributed by atoms with Crippen molar-refractivity contribution >= 4 is 11.6 Å². The lowest BCUT2D eigenvalue weighted by molar-refractivity contribution is -0.102. The fourth-order valence-electron chi connectivity index (χ4n) is 2.28. The van der Waals surface area contributed by atoms with Gasteiger partial charge in [-0.25, -0.2) is 4.39 Å². The summed E-state index contributed by atoms with van der Waals surface area (Å²) in [5.74, 6) is -0.287. The first-order chi connectivity index (χ1) is 9.13. The molecule has 1 N–H and O–H groups in total. The van der Waals surface area contributed by atoms with Crippen molar-refractivity contribution in [1.29, 1.82) is 0 Å². The molecule has 1 heterocycles. The zero-order valence-corrected chi connectivity index (χ0v) is 12.0. The van der Waals surface area contributed by atoms with Crippen LogP contribution in [0, 0.1) is 12.7 Å². The topological polar surface area (TPSA) is 30.5 Å². The summed E-state index contributed by atoms with van der Waals surface area (Å²) < 4.78 is 24.7. The molecule has 19 heavy (non-hydrogen) atoms. The van der Waals surface area contributed by atoms with E-state index in [2.05, 4.69) is 5.32 Å². The molecular formula is C14H19ClFNO2. The predicted molar refractivity (Wildman–Crippen MR) is 73.1 cm³/mol. The van der Waals surface area contributed by atoms with E-state index in [0.717, 1.165) is 12.1 Å². The number of aryl methyl sites for hydroxylation is 1. The van der Waals surface area contributed by atoms with E-state index in [1.165, 1.54) is 6.07 Å². The number of hydrogen-bond donors (Lipinski definition) is 1. The number of ether oxygens (including phenoxy) is 2. The monoisotopic (exact) mass is 287 g/mol. The first-order valence-corrected chi connectivity index (χ1v) is 6.89. The van der Waals surface area contributed by atoms with Crippen LogP contribution in [0.4, 0.5) is 4.39 Å². The summed E-state index contributed by atoms with van der Waals surface area (Å²) >= 11 is 6.17. The second-order valence-corrected chi connectivity index (χ2v) is 5.05. The molecule has 0 spiro atoms. The molecule has 2 atom stereocenters. The third kappa shape index (κ3) is 3.45. The van der Waals surface area contributed by atoms with E-state index in [0.29, 0.717) is 30.4 Å². The van der Waals surface area contributed by atoms with Crippen LogP contribution in [0.2, 0.25) is 5.02 Å². The minimum absolute atomic E-state index is 0.0860. The molecule has 0 aliphatic carbocycles. The largest absolute Gasteiger partial charge is 0.376 e. The maximum absolute atomic E-state index is 13.5. The van der Waals surface area contributed by atoms with Crippen molar-refractivity contribution in [3.8, 4) is 0 Å². The van der Waals surface area contributed by atoms with Gasteiger partial charge in [0.15, 0.2) is 0 Å². The van der Waals surface area contributed by atoms with Crippen molar-refractivity contribution in [2.75, 3.05) is 26.4 Å². The highest BCUT2D eigenvalue weighted by molar-refractivity contribution is 6.31.